The summed E-state index contributed by atoms with van der Waals surface area (Å²) in [6.45, 7) is -0.122. The smallest absolute Gasteiger partial charge is 0.407 e. The van der Waals surface area contributed by atoms with E-state index in [0.29, 0.717) is 23.4 Å². The summed E-state index contributed by atoms with van der Waals surface area (Å²) in [4.78, 5) is 28.3. The predicted molar refractivity (Wildman–Crippen MR) is 114 cm³/mol. The summed E-state index contributed by atoms with van der Waals surface area (Å²) < 4.78 is 20.1. The summed E-state index contributed by atoms with van der Waals surface area (Å²) in [7, 11) is 0. The molecule has 0 radical (unpaired) electrons. The first-order valence-electron chi connectivity index (χ1n) is 10.4. The van der Waals surface area contributed by atoms with E-state index in [1.807, 2.05) is 0 Å². The number of alkyl halides is 1. The minimum Gasteiger partial charge on any atom is -0.486 e. The molecule has 2 aromatic rings. The van der Waals surface area contributed by atoms with Crippen molar-refractivity contribution >= 4 is 17.8 Å². The Balaban J connectivity index is 1.47. The van der Waals surface area contributed by atoms with Crippen molar-refractivity contribution < 1.29 is 23.8 Å². The molecule has 2 amide bonds. The van der Waals surface area contributed by atoms with Crippen molar-refractivity contribution in [2.45, 2.75) is 25.1 Å². The molecule has 33 heavy (non-hydrogen) atoms. The van der Waals surface area contributed by atoms with Crippen LogP contribution in [0.5, 0.6) is 5.75 Å². The SMILES string of the molecule is N#Cc1cc(-c2ccnc(NC(=O)C3CC3C#N)c2)ccc1O[C@H]1CCN(C(=O)O)C[C@H]1F. The van der Waals surface area contributed by atoms with Gasteiger partial charge in [0, 0.05) is 19.2 Å². The van der Waals surface area contributed by atoms with Gasteiger partial charge in [-0.2, -0.15) is 10.5 Å². The van der Waals surface area contributed by atoms with Gasteiger partial charge in [0.25, 0.3) is 0 Å². The van der Waals surface area contributed by atoms with E-state index in [2.05, 4.69) is 22.4 Å². The van der Waals surface area contributed by atoms with Crippen LogP contribution in [0.3, 0.4) is 0 Å². The van der Waals surface area contributed by atoms with Crippen molar-refractivity contribution in [2.24, 2.45) is 11.8 Å². The largest absolute Gasteiger partial charge is 0.486 e. The standard InChI is InChI=1S/C23H20FN5O4/c24-18-12-29(23(31)32)6-4-20(18)33-19-2-1-13(7-16(19)11-26)14-3-5-27-21(9-14)28-22(30)17-8-15(17)10-25/h1-3,5,7,9,15,17-18,20H,4,6,8,12H2,(H,31,32)(H,27,28,30)/t15?,17?,18-,20+/m1/s1. The Labute approximate surface area is 189 Å². The number of rotatable bonds is 5. The van der Waals surface area contributed by atoms with E-state index in [1.165, 1.54) is 6.20 Å². The average molecular weight is 449 g/mol. The second-order valence-corrected chi connectivity index (χ2v) is 8.01. The number of anilines is 1. The van der Waals surface area contributed by atoms with Gasteiger partial charge in [-0.1, -0.05) is 6.07 Å². The van der Waals surface area contributed by atoms with Gasteiger partial charge in [-0.05, 0) is 41.8 Å². The van der Waals surface area contributed by atoms with Crippen LogP contribution in [0, 0.1) is 34.5 Å². The summed E-state index contributed by atoms with van der Waals surface area (Å²) in [6.07, 6.45) is -1.26. The quantitative estimate of drug-likeness (QED) is 0.714. The van der Waals surface area contributed by atoms with Gasteiger partial charge in [0.05, 0.1) is 30.0 Å². The highest BCUT2D eigenvalue weighted by atomic mass is 19.1. The number of nitrogens with zero attached hydrogens (tertiary/aromatic N) is 4. The van der Waals surface area contributed by atoms with E-state index < -0.39 is 18.4 Å². The first-order chi connectivity index (χ1) is 15.9. The van der Waals surface area contributed by atoms with E-state index in [4.69, 9.17) is 15.1 Å². The van der Waals surface area contributed by atoms with E-state index in [0.717, 1.165) is 4.90 Å². The maximum absolute atomic E-state index is 14.4. The molecule has 1 saturated carbocycles. The molecule has 1 aromatic heterocycles. The molecule has 0 spiro atoms. The van der Waals surface area contributed by atoms with Crippen LogP contribution in [0.4, 0.5) is 15.0 Å². The van der Waals surface area contributed by atoms with Crippen molar-refractivity contribution in [3.63, 3.8) is 0 Å². The maximum atomic E-state index is 14.4. The maximum Gasteiger partial charge on any atom is 0.407 e. The van der Waals surface area contributed by atoms with Gasteiger partial charge in [0.15, 0.2) is 6.17 Å². The Morgan fingerprint density at radius 1 is 1.24 bits per heavy atom. The molecule has 0 bridgehead atoms. The Hall–Kier alpha value is -4.18. The molecule has 2 aliphatic rings. The highest BCUT2D eigenvalue weighted by Crippen LogP contribution is 2.38. The van der Waals surface area contributed by atoms with Gasteiger partial charge in [0.1, 0.15) is 23.7 Å². The number of ether oxygens (including phenoxy) is 1. The van der Waals surface area contributed by atoms with Crippen LogP contribution in [-0.4, -0.2) is 52.4 Å². The van der Waals surface area contributed by atoms with Gasteiger partial charge < -0.3 is 20.1 Å². The molecular weight excluding hydrogens is 429 g/mol. The molecule has 4 rings (SSSR count). The number of nitrogens with one attached hydrogen (secondary N) is 1. The molecule has 1 saturated heterocycles. The summed E-state index contributed by atoms with van der Waals surface area (Å²) >= 11 is 0. The van der Waals surface area contributed by atoms with E-state index in [9.17, 15) is 19.2 Å². The lowest BCUT2D eigenvalue weighted by atomic mass is 10.0. The predicted octanol–water partition coefficient (Wildman–Crippen LogP) is 3.19. The molecule has 2 heterocycles. The fourth-order valence-electron chi connectivity index (χ4n) is 3.78. The molecule has 4 atom stereocenters. The molecule has 1 aliphatic carbocycles. The minimum absolute atomic E-state index is 0.155. The molecule has 10 heteroatoms. The first kappa shape index (κ1) is 22.0. The highest BCUT2D eigenvalue weighted by molar-refractivity contribution is 5.94. The zero-order valence-electron chi connectivity index (χ0n) is 17.4. The number of carboxylic acid groups (broad SMARTS) is 1. The highest BCUT2D eigenvalue weighted by Gasteiger charge is 2.43. The second-order valence-electron chi connectivity index (χ2n) is 8.01. The van der Waals surface area contributed by atoms with Crippen molar-refractivity contribution in [2.75, 3.05) is 18.4 Å². The number of carbonyl (C=O) groups excluding carboxylic acids is 1. The fourth-order valence-corrected chi connectivity index (χ4v) is 3.78. The number of aromatic nitrogens is 1. The third kappa shape index (κ3) is 4.85. The Morgan fingerprint density at radius 2 is 2.03 bits per heavy atom. The minimum atomic E-state index is -1.50. The summed E-state index contributed by atoms with van der Waals surface area (Å²) in [5.41, 5.74) is 1.59. The Kier molecular flexibility index (Phi) is 6.09. The van der Waals surface area contributed by atoms with Crippen LogP contribution in [0.25, 0.3) is 11.1 Å². The molecule has 9 nitrogen and oxygen atoms in total. The first-order valence-corrected chi connectivity index (χ1v) is 10.4. The molecule has 2 fully saturated rings. The fraction of sp³-hybridized carbons (Fsp3) is 0.348. The second kappa shape index (κ2) is 9.13. The lowest BCUT2D eigenvalue weighted by Gasteiger charge is -2.33. The lowest BCUT2D eigenvalue weighted by Crippen LogP contribution is -2.48. The van der Waals surface area contributed by atoms with Crippen LogP contribution in [0.15, 0.2) is 36.5 Å². The van der Waals surface area contributed by atoms with E-state index >= 15 is 0 Å². The number of piperidine rings is 1. The number of nitriles is 2. The van der Waals surface area contributed by atoms with Crippen molar-refractivity contribution in [1.82, 2.24) is 9.88 Å². The molecular formula is C23H20FN5O4. The lowest BCUT2D eigenvalue weighted by molar-refractivity contribution is -0.117. The summed E-state index contributed by atoms with van der Waals surface area (Å²) in [5.74, 6) is -0.257. The van der Waals surface area contributed by atoms with Crippen LogP contribution < -0.4 is 10.1 Å². The van der Waals surface area contributed by atoms with E-state index in [1.54, 1.807) is 30.3 Å². The molecule has 1 aromatic carbocycles. The topological polar surface area (TPSA) is 139 Å². The van der Waals surface area contributed by atoms with E-state index in [-0.39, 0.29) is 48.6 Å². The molecule has 1 aliphatic heterocycles. The van der Waals surface area contributed by atoms with Crippen molar-refractivity contribution in [3.05, 3.63) is 42.1 Å². The zero-order valence-corrected chi connectivity index (χ0v) is 17.4. The van der Waals surface area contributed by atoms with Crippen LogP contribution in [0.1, 0.15) is 18.4 Å². The summed E-state index contributed by atoms with van der Waals surface area (Å²) in [5, 5.41) is 30.2. The van der Waals surface area contributed by atoms with Crippen molar-refractivity contribution in [1.29, 1.82) is 10.5 Å². The monoisotopic (exact) mass is 449 g/mol. The Bertz CT molecular complexity index is 1170. The van der Waals surface area contributed by atoms with Crippen LogP contribution in [-0.2, 0) is 4.79 Å². The number of halogens is 1. The molecule has 2 N–H and O–H groups in total. The average Bonchev–Trinajstić information content (AvgIpc) is 3.61. The van der Waals surface area contributed by atoms with Gasteiger partial charge in [-0.3, -0.25) is 4.79 Å². The number of hydrogen-bond donors (Lipinski definition) is 2. The normalized spacial score (nSPS) is 23.7. The van der Waals surface area contributed by atoms with Crippen LogP contribution >= 0.6 is 0 Å². The van der Waals surface area contributed by atoms with Gasteiger partial charge >= 0.3 is 6.09 Å². The number of amides is 2. The number of carbonyl (C=O) groups is 2. The van der Waals surface area contributed by atoms with Gasteiger partial charge in [-0.15, -0.1) is 0 Å². The third-order valence-electron chi connectivity index (χ3n) is 5.77. The zero-order chi connectivity index (χ0) is 23.5. The third-order valence-corrected chi connectivity index (χ3v) is 5.77. The molecule has 2 unspecified atom stereocenters. The number of pyridine rings is 1. The molecule has 168 valence electrons. The Morgan fingerprint density at radius 3 is 2.70 bits per heavy atom. The number of likely N-dealkylation sites (tertiary alicyclic amines) is 1. The van der Waals surface area contributed by atoms with Crippen molar-refractivity contribution in [3.8, 4) is 29.0 Å². The van der Waals surface area contributed by atoms with Gasteiger partial charge in [0.2, 0.25) is 5.91 Å². The number of hydrogen-bond acceptors (Lipinski definition) is 6. The number of benzene rings is 1. The van der Waals surface area contributed by atoms with Crippen LogP contribution in [0.2, 0.25) is 0 Å². The van der Waals surface area contributed by atoms with Gasteiger partial charge in [-0.25, -0.2) is 14.2 Å². The summed E-state index contributed by atoms with van der Waals surface area (Å²) in [6, 6.07) is 12.4.